The molecule has 1 heterocycles. The van der Waals surface area contributed by atoms with E-state index in [1.54, 1.807) is 0 Å². The number of hydrogen-bond acceptors (Lipinski definition) is 2. The average molecular weight is 283 g/mol. The van der Waals surface area contributed by atoms with E-state index in [1.165, 1.54) is 11.1 Å². The van der Waals surface area contributed by atoms with E-state index in [-0.39, 0.29) is 0 Å². The van der Waals surface area contributed by atoms with Crippen LogP contribution >= 0.6 is 11.6 Å². The minimum absolute atomic E-state index is 0.744. The summed E-state index contributed by atoms with van der Waals surface area (Å²) in [5, 5.41) is 5.29. The van der Waals surface area contributed by atoms with Gasteiger partial charge in [0.05, 0.1) is 16.2 Å². The lowest BCUT2D eigenvalue weighted by Crippen LogP contribution is -2.00. The van der Waals surface area contributed by atoms with E-state index >= 15 is 0 Å². The van der Waals surface area contributed by atoms with Crippen molar-refractivity contribution in [3.63, 3.8) is 0 Å². The lowest BCUT2D eigenvalue weighted by molar-refractivity contribution is 1.15. The molecule has 2 nitrogen and oxygen atoms in total. The van der Waals surface area contributed by atoms with Crippen molar-refractivity contribution in [3.05, 3.63) is 70.9 Å². The summed E-state index contributed by atoms with van der Waals surface area (Å²) in [5.41, 5.74) is 4.39. The van der Waals surface area contributed by atoms with Gasteiger partial charge in [-0.25, -0.2) is 0 Å². The Hall–Kier alpha value is -2.06. The van der Waals surface area contributed by atoms with Crippen LogP contribution in [0.4, 0.5) is 5.69 Å². The number of pyridine rings is 1. The number of benzene rings is 2. The maximum atomic E-state index is 6.19. The maximum Gasteiger partial charge on any atom is 0.0702 e. The molecule has 1 N–H and O–H groups in total. The van der Waals surface area contributed by atoms with E-state index in [9.17, 15) is 0 Å². The standard InChI is InChI=1S/C17H15ClN2/c1-12-4-6-15(18)17(9-12)20-11-13-5-7-16-14(10-13)3-2-8-19-16/h2-10,20H,11H2,1H3. The second-order valence-corrected chi connectivity index (χ2v) is 5.27. The minimum Gasteiger partial charge on any atom is -0.380 e. The van der Waals surface area contributed by atoms with Crippen LogP contribution in [0.25, 0.3) is 10.9 Å². The quantitative estimate of drug-likeness (QED) is 0.746. The molecule has 0 unspecified atom stereocenters. The molecular weight excluding hydrogens is 268 g/mol. The number of anilines is 1. The molecule has 0 aliphatic heterocycles. The number of aromatic nitrogens is 1. The molecule has 0 aliphatic rings. The number of nitrogens with zero attached hydrogens (tertiary/aromatic N) is 1. The van der Waals surface area contributed by atoms with Gasteiger partial charge < -0.3 is 5.32 Å². The molecule has 20 heavy (non-hydrogen) atoms. The number of halogens is 1. The van der Waals surface area contributed by atoms with Gasteiger partial charge in [0.1, 0.15) is 0 Å². The first-order valence-corrected chi connectivity index (χ1v) is 6.94. The number of aryl methyl sites for hydroxylation is 1. The van der Waals surface area contributed by atoms with Crippen LogP contribution in [0.15, 0.2) is 54.7 Å². The van der Waals surface area contributed by atoms with E-state index in [4.69, 9.17) is 11.6 Å². The number of nitrogens with one attached hydrogen (secondary N) is 1. The molecule has 100 valence electrons. The fourth-order valence-electron chi connectivity index (χ4n) is 2.21. The summed E-state index contributed by atoms with van der Waals surface area (Å²) in [6, 6.07) is 16.3. The van der Waals surface area contributed by atoms with E-state index in [0.29, 0.717) is 0 Å². The van der Waals surface area contributed by atoms with Crippen molar-refractivity contribution in [2.24, 2.45) is 0 Å². The Morgan fingerprint density at radius 2 is 2.00 bits per heavy atom. The van der Waals surface area contributed by atoms with E-state index in [0.717, 1.165) is 28.2 Å². The predicted octanol–water partition coefficient (Wildman–Crippen LogP) is 4.81. The zero-order valence-corrected chi connectivity index (χ0v) is 12.0. The van der Waals surface area contributed by atoms with Gasteiger partial charge in [0, 0.05) is 18.1 Å². The van der Waals surface area contributed by atoms with Gasteiger partial charge in [0.25, 0.3) is 0 Å². The third-order valence-electron chi connectivity index (χ3n) is 3.27. The molecule has 2 aromatic carbocycles. The van der Waals surface area contributed by atoms with Gasteiger partial charge in [-0.3, -0.25) is 4.98 Å². The topological polar surface area (TPSA) is 24.9 Å². The second kappa shape index (κ2) is 5.51. The van der Waals surface area contributed by atoms with Gasteiger partial charge in [-0.2, -0.15) is 0 Å². The number of fused-ring (bicyclic) bond motifs is 1. The Balaban J connectivity index is 1.81. The van der Waals surface area contributed by atoms with Crippen molar-refractivity contribution in [2.75, 3.05) is 5.32 Å². The Morgan fingerprint density at radius 1 is 1.10 bits per heavy atom. The molecule has 3 aromatic rings. The van der Waals surface area contributed by atoms with Crippen LogP contribution < -0.4 is 5.32 Å². The van der Waals surface area contributed by atoms with E-state index < -0.39 is 0 Å². The second-order valence-electron chi connectivity index (χ2n) is 4.87. The first-order valence-electron chi connectivity index (χ1n) is 6.56. The Morgan fingerprint density at radius 3 is 2.90 bits per heavy atom. The smallest absolute Gasteiger partial charge is 0.0702 e. The van der Waals surface area contributed by atoms with Crippen LogP contribution in [-0.4, -0.2) is 4.98 Å². The van der Waals surface area contributed by atoms with Crippen LogP contribution in [0.3, 0.4) is 0 Å². The molecule has 0 fully saturated rings. The molecule has 0 spiro atoms. The highest BCUT2D eigenvalue weighted by molar-refractivity contribution is 6.33. The SMILES string of the molecule is Cc1ccc(Cl)c(NCc2ccc3ncccc3c2)c1. The van der Waals surface area contributed by atoms with Gasteiger partial charge in [0.2, 0.25) is 0 Å². The summed E-state index contributed by atoms with van der Waals surface area (Å²) < 4.78 is 0. The summed E-state index contributed by atoms with van der Waals surface area (Å²) in [4.78, 5) is 4.32. The highest BCUT2D eigenvalue weighted by Gasteiger charge is 2.01. The minimum atomic E-state index is 0.744. The van der Waals surface area contributed by atoms with E-state index in [1.807, 2.05) is 30.5 Å². The molecule has 0 saturated heterocycles. The molecule has 0 atom stereocenters. The Kier molecular flexibility index (Phi) is 3.57. The predicted molar refractivity (Wildman–Crippen MR) is 85.3 cm³/mol. The van der Waals surface area contributed by atoms with Gasteiger partial charge in [-0.1, -0.05) is 29.8 Å². The van der Waals surface area contributed by atoms with Crippen LogP contribution in [0.5, 0.6) is 0 Å². The van der Waals surface area contributed by atoms with Gasteiger partial charge >= 0.3 is 0 Å². The molecule has 0 radical (unpaired) electrons. The summed E-state index contributed by atoms with van der Waals surface area (Å²) in [6.07, 6.45) is 1.81. The van der Waals surface area contributed by atoms with Crippen LogP contribution in [0, 0.1) is 6.92 Å². The number of rotatable bonds is 3. The first-order chi connectivity index (χ1) is 9.72. The highest BCUT2D eigenvalue weighted by atomic mass is 35.5. The van der Waals surface area contributed by atoms with Crippen molar-refractivity contribution < 1.29 is 0 Å². The monoisotopic (exact) mass is 282 g/mol. The van der Waals surface area contributed by atoms with Gasteiger partial charge in [0.15, 0.2) is 0 Å². The van der Waals surface area contributed by atoms with Crippen LogP contribution in [-0.2, 0) is 6.54 Å². The lowest BCUT2D eigenvalue weighted by atomic mass is 10.1. The molecule has 0 amide bonds. The molecule has 0 saturated carbocycles. The van der Waals surface area contributed by atoms with E-state index in [2.05, 4.69) is 41.5 Å². The summed E-state index contributed by atoms with van der Waals surface area (Å²) in [5.74, 6) is 0. The van der Waals surface area contributed by atoms with Crippen molar-refractivity contribution in [3.8, 4) is 0 Å². The fraction of sp³-hybridized carbons (Fsp3) is 0.118. The Bertz CT molecular complexity index is 753. The maximum absolute atomic E-state index is 6.19. The Labute approximate surface area is 123 Å². The zero-order chi connectivity index (χ0) is 13.9. The van der Waals surface area contributed by atoms with Crippen molar-refractivity contribution in [2.45, 2.75) is 13.5 Å². The summed E-state index contributed by atoms with van der Waals surface area (Å²) >= 11 is 6.19. The normalized spacial score (nSPS) is 10.7. The summed E-state index contributed by atoms with van der Waals surface area (Å²) in [7, 11) is 0. The summed E-state index contributed by atoms with van der Waals surface area (Å²) in [6.45, 7) is 2.80. The molecule has 1 aromatic heterocycles. The van der Waals surface area contributed by atoms with Crippen molar-refractivity contribution in [1.29, 1.82) is 0 Å². The molecule has 3 heteroatoms. The first kappa shape index (κ1) is 12.9. The number of hydrogen-bond donors (Lipinski definition) is 1. The average Bonchev–Trinajstić information content (AvgIpc) is 2.48. The van der Waals surface area contributed by atoms with Crippen molar-refractivity contribution in [1.82, 2.24) is 4.98 Å². The van der Waals surface area contributed by atoms with Crippen molar-refractivity contribution >= 4 is 28.2 Å². The highest BCUT2D eigenvalue weighted by Crippen LogP contribution is 2.23. The van der Waals surface area contributed by atoms with Gasteiger partial charge in [-0.05, 0) is 48.4 Å². The largest absolute Gasteiger partial charge is 0.380 e. The fourth-order valence-corrected chi connectivity index (χ4v) is 2.39. The third-order valence-corrected chi connectivity index (χ3v) is 3.60. The van der Waals surface area contributed by atoms with Crippen LogP contribution in [0.2, 0.25) is 5.02 Å². The molecule has 3 rings (SSSR count). The molecular formula is C17H15ClN2. The molecule has 0 aliphatic carbocycles. The van der Waals surface area contributed by atoms with Crippen LogP contribution in [0.1, 0.15) is 11.1 Å². The zero-order valence-electron chi connectivity index (χ0n) is 11.2. The third kappa shape index (κ3) is 2.75. The lowest BCUT2D eigenvalue weighted by Gasteiger charge is -2.10. The van der Waals surface area contributed by atoms with Gasteiger partial charge in [-0.15, -0.1) is 0 Å². The molecule has 0 bridgehead atoms.